The second kappa shape index (κ2) is 7.02. The van der Waals surface area contributed by atoms with E-state index in [1.54, 1.807) is 0 Å². The van der Waals surface area contributed by atoms with Crippen LogP contribution in [0.3, 0.4) is 0 Å². The molecule has 0 aromatic heterocycles. The number of anilines is 1. The zero-order valence-electron chi connectivity index (χ0n) is 14.7. The minimum atomic E-state index is -0.509. The number of hydrogen-bond donors (Lipinski definition) is 2. The normalized spacial score (nSPS) is 12.5. The van der Waals surface area contributed by atoms with Crippen LogP contribution in [0.4, 0.5) is 5.69 Å². The Morgan fingerprint density at radius 3 is 2.39 bits per heavy atom. The third kappa shape index (κ3) is 3.00. The second-order valence-electron chi connectivity index (χ2n) is 6.49. The number of rotatable bonds is 4. The summed E-state index contributed by atoms with van der Waals surface area (Å²) in [7, 11) is 0. The molecule has 0 bridgehead atoms. The molecule has 0 atom stereocenters. The van der Waals surface area contributed by atoms with E-state index in [1.807, 2.05) is 30.3 Å². The molecule has 3 N–H and O–H groups in total. The van der Waals surface area contributed by atoms with Gasteiger partial charge in [-0.05, 0) is 23.8 Å². The molecule has 28 heavy (non-hydrogen) atoms. The summed E-state index contributed by atoms with van der Waals surface area (Å²) in [6.45, 7) is 0.278. The number of nitrogens with two attached hydrogens (primary N) is 1. The highest BCUT2D eigenvalue weighted by atomic mass is 35.5. The Labute approximate surface area is 166 Å². The third-order valence-electron chi connectivity index (χ3n) is 4.71. The lowest BCUT2D eigenvalue weighted by Gasteiger charge is -2.21. The summed E-state index contributed by atoms with van der Waals surface area (Å²) in [5, 5.41) is 11.0. The second-order valence-corrected chi connectivity index (χ2v) is 6.93. The molecule has 0 spiro atoms. The van der Waals surface area contributed by atoms with E-state index in [0.29, 0.717) is 11.4 Å². The largest absolute Gasteiger partial charge is 0.504 e. The number of benzene rings is 3. The van der Waals surface area contributed by atoms with Gasteiger partial charge in [0.05, 0.1) is 17.7 Å². The highest BCUT2D eigenvalue weighted by Gasteiger charge is 2.35. The number of hydrogen-bond acceptors (Lipinski definition) is 5. The van der Waals surface area contributed by atoms with Crippen LogP contribution in [0.5, 0.6) is 11.5 Å². The van der Waals surface area contributed by atoms with Gasteiger partial charge in [-0.15, -0.1) is 0 Å². The first-order chi connectivity index (χ1) is 13.5. The molecule has 0 heterocycles. The van der Waals surface area contributed by atoms with Crippen molar-refractivity contribution in [3.05, 3.63) is 87.4 Å². The summed E-state index contributed by atoms with van der Waals surface area (Å²) >= 11 is 5.97. The number of ketones is 2. The molecule has 4 rings (SSSR count). The summed E-state index contributed by atoms with van der Waals surface area (Å²) in [5.41, 5.74) is 7.40. The standard InChI is InChI=1S/C22H16ClNO4/c23-13-6-7-14-15(10-13)21(26)19-18(20(14)25)16(24)11-17(22(19)27)28-9-8-12-4-2-1-3-5-12/h1-7,10-11,27H,8-9,24H2. The number of ether oxygens (including phenoxy) is 1. The van der Waals surface area contributed by atoms with Crippen LogP contribution in [0.15, 0.2) is 54.6 Å². The van der Waals surface area contributed by atoms with Gasteiger partial charge in [-0.1, -0.05) is 41.9 Å². The number of phenols is 1. The number of carbonyl (C=O) groups excluding carboxylic acids is 2. The van der Waals surface area contributed by atoms with Gasteiger partial charge in [0.15, 0.2) is 23.1 Å². The number of halogens is 1. The summed E-state index contributed by atoms with van der Waals surface area (Å²) in [4.78, 5) is 25.8. The fraction of sp³-hybridized carbons (Fsp3) is 0.0909. The van der Waals surface area contributed by atoms with Gasteiger partial charge < -0.3 is 15.6 Å². The van der Waals surface area contributed by atoms with Crippen LogP contribution in [0.1, 0.15) is 37.4 Å². The first-order valence-electron chi connectivity index (χ1n) is 8.68. The number of fused-ring (bicyclic) bond motifs is 2. The monoisotopic (exact) mass is 393 g/mol. The topological polar surface area (TPSA) is 89.6 Å². The molecule has 140 valence electrons. The van der Waals surface area contributed by atoms with Gasteiger partial charge in [-0.25, -0.2) is 0 Å². The molecular formula is C22H16ClNO4. The summed E-state index contributed by atoms with van der Waals surface area (Å²) in [6, 6.07) is 15.5. The Kier molecular flexibility index (Phi) is 4.53. The minimum absolute atomic E-state index is 0.00673. The van der Waals surface area contributed by atoms with Crippen molar-refractivity contribution in [2.24, 2.45) is 0 Å². The molecule has 3 aromatic rings. The highest BCUT2D eigenvalue weighted by molar-refractivity contribution is 6.34. The SMILES string of the molecule is Nc1cc(OCCc2ccccc2)c(O)c2c1C(=O)c1ccc(Cl)cc1C2=O. The first kappa shape index (κ1) is 18.1. The van der Waals surface area contributed by atoms with E-state index < -0.39 is 11.6 Å². The van der Waals surface area contributed by atoms with Gasteiger partial charge in [-0.3, -0.25) is 9.59 Å². The maximum atomic E-state index is 12.9. The Morgan fingerprint density at radius 1 is 0.929 bits per heavy atom. The van der Waals surface area contributed by atoms with Gasteiger partial charge >= 0.3 is 0 Å². The van der Waals surface area contributed by atoms with Crippen LogP contribution in [0.2, 0.25) is 5.02 Å². The average molecular weight is 394 g/mol. The highest BCUT2D eigenvalue weighted by Crippen LogP contribution is 2.42. The molecule has 1 aliphatic carbocycles. The number of carbonyl (C=O) groups is 2. The average Bonchev–Trinajstić information content (AvgIpc) is 2.69. The maximum Gasteiger partial charge on any atom is 0.198 e. The van der Waals surface area contributed by atoms with Crippen molar-refractivity contribution < 1.29 is 19.4 Å². The summed E-state index contributed by atoms with van der Waals surface area (Å²) < 4.78 is 5.66. The Bertz CT molecular complexity index is 1110. The van der Waals surface area contributed by atoms with Crippen molar-refractivity contribution >= 4 is 28.9 Å². The quantitative estimate of drug-likeness (QED) is 0.403. The first-order valence-corrected chi connectivity index (χ1v) is 9.06. The van der Waals surface area contributed by atoms with E-state index in [4.69, 9.17) is 22.1 Å². The van der Waals surface area contributed by atoms with E-state index >= 15 is 0 Å². The molecule has 6 heteroatoms. The molecule has 0 radical (unpaired) electrons. The zero-order valence-corrected chi connectivity index (χ0v) is 15.5. The Balaban J connectivity index is 1.69. The molecule has 0 saturated heterocycles. The minimum Gasteiger partial charge on any atom is -0.504 e. The Morgan fingerprint density at radius 2 is 1.64 bits per heavy atom. The van der Waals surface area contributed by atoms with E-state index in [0.717, 1.165) is 5.56 Å². The van der Waals surface area contributed by atoms with Crippen molar-refractivity contribution in [1.29, 1.82) is 0 Å². The number of aromatic hydroxyl groups is 1. The van der Waals surface area contributed by atoms with Crippen molar-refractivity contribution in [1.82, 2.24) is 0 Å². The molecular weight excluding hydrogens is 378 g/mol. The number of phenolic OH excluding ortho intramolecular Hbond substituents is 1. The molecule has 0 aliphatic heterocycles. The van der Waals surface area contributed by atoms with E-state index in [9.17, 15) is 14.7 Å². The van der Waals surface area contributed by atoms with Crippen LogP contribution in [0.25, 0.3) is 0 Å². The Hall–Kier alpha value is -3.31. The lowest BCUT2D eigenvalue weighted by atomic mass is 9.82. The fourth-order valence-electron chi connectivity index (χ4n) is 3.34. The molecule has 0 fully saturated rings. The van der Waals surface area contributed by atoms with Crippen LogP contribution >= 0.6 is 11.6 Å². The van der Waals surface area contributed by atoms with Crippen molar-refractivity contribution in [2.75, 3.05) is 12.3 Å². The van der Waals surface area contributed by atoms with E-state index in [-0.39, 0.29) is 46.0 Å². The fourth-order valence-corrected chi connectivity index (χ4v) is 3.51. The molecule has 0 amide bonds. The third-order valence-corrected chi connectivity index (χ3v) is 4.95. The van der Waals surface area contributed by atoms with Gasteiger partial charge in [0.25, 0.3) is 0 Å². The molecule has 3 aromatic carbocycles. The van der Waals surface area contributed by atoms with Gasteiger partial charge in [0.1, 0.15) is 0 Å². The smallest absolute Gasteiger partial charge is 0.198 e. The van der Waals surface area contributed by atoms with Crippen LogP contribution < -0.4 is 10.5 Å². The predicted octanol–water partition coefficient (Wildman–Crippen LogP) is 4.02. The van der Waals surface area contributed by atoms with Crippen molar-refractivity contribution in [2.45, 2.75) is 6.42 Å². The van der Waals surface area contributed by atoms with E-state index in [2.05, 4.69) is 0 Å². The zero-order chi connectivity index (χ0) is 19.8. The van der Waals surface area contributed by atoms with Crippen LogP contribution in [-0.4, -0.2) is 23.3 Å². The van der Waals surface area contributed by atoms with Crippen LogP contribution in [-0.2, 0) is 6.42 Å². The summed E-state index contributed by atoms with van der Waals surface area (Å²) in [5.74, 6) is -1.25. The summed E-state index contributed by atoms with van der Waals surface area (Å²) in [6.07, 6.45) is 0.614. The molecule has 0 saturated carbocycles. The van der Waals surface area contributed by atoms with E-state index in [1.165, 1.54) is 24.3 Å². The maximum absolute atomic E-state index is 12.9. The molecule has 0 unspecified atom stereocenters. The van der Waals surface area contributed by atoms with Crippen LogP contribution in [0, 0.1) is 0 Å². The van der Waals surface area contributed by atoms with Gasteiger partial charge in [0.2, 0.25) is 0 Å². The van der Waals surface area contributed by atoms with Gasteiger partial charge in [-0.2, -0.15) is 0 Å². The van der Waals surface area contributed by atoms with Crippen molar-refractivity contribution in [3.8, 4) is 11.5 Å². The predicted molar refractivity (Wildman–Crippen MR) is 106 cm³/mol. The molecule has 5 nitrogen and oxygen atoms in total. The lowest BCUT2D eigenvalue weighted by Crippen LogP contribution is -2.23. The van der Waals surface area contributed by atoms with Crippen molar-refractivity contribution in [3.63, 3.8) is 0 Å². The van der Waals surface area contributed by atoms with Gasteiger partial charge in [0, 0.05) is 34.3 Å². The number of nitrogen functional groups attached to an aromatic ring is 1. The molecule has 1 aliphatic rings. The lowest BCUT2D eigenvalue weighted by molar-refractivity contribution is 0.0976.